The monoisotopic (exact) mass is 274 g/mol. The van der Waals surface area contributed by atoms with Gasteiger partial charge in [-0.05, 0) is 18.2 Å². The van der Waals surface area contributed by atoms with Crippen molar-refractivity contribution < 1.29 is 19.1 Å². The molecule has 20 heavy (non-hydrogen) atoms. The Morgan fingerprint density at radius 3 is 2.60 bits per heavy atom. The van der Waals surface area contributed by atoms with Crippen LogP contribution in [0.2, 0.25) is 0 Å². The average molecular weight is 274 g/mol. The molecular weight excluding hydrogens is 258 g/mol. The van der Waals surface area contributed by atoms with Crippen molar-refractivity contribution >= 4 is 11.7 Å². The van der Waals surface area contributed by atoms with Gasteiger partial charge in [0.25, 0.3) is 5.91 Å². The van der Waals surface area contributed by atoms with Crippen molar-refractivity contribution in [1.82, 2.24) is 4.90 Å². The summed E-state index contributed by atoms with van der Waals surface area (Å²) in [5, 5.41) is 9.77. The number of carbonyl (C=O) groups is 1. The molecular formula is C14H16N3O3+. The molecule has 1 aliphatic heterocycles. The summed E-state index contributed by atoms with van der Waals surface area (Å²) in [6.07, 6.45) is 3.10. The molecule has 1 N–H and O–H groups in total. The SMILES string of the molecule is O=C(c1ccco1)N1CCN(c2cccc[n+]2O)CC1. The summed E-state index contributed by atoms with van der Waals surface area (Å²) in [5.41, 5.74) is 0. The fourth-order valence-corrected chi connectivity index (χ4v) is 2.37. The van der Waals surface area contributed by atoms with E-state index in [2.05, 4.69) is 0 Å². The minimum Gasteiger partial charge on any atom is -0.459 e. The fourth-order valence-electron chi connectivity index (χ4n) is 2.37. The summed E-state index contributed by atoms with van der Waals surface area (Å²) < 4.78 is 6.23. The number of aromatic nitrogens is 1. The molecule has 104 valence electrons. The molecule has 0 bridgehead atoms. The molecule has 1 saturated heterocycles. The van der Waals surface area contributed by atoms with Crippen LogP contribution in [0.3, 0.4) is 0 Å². The van der Waals surface area contributed by atoms with Gasteiger partial charge in [0, 0.05) is 6.07 Å². The van der Waals surface area contributed by atoms with Crippen molar-refractivity contribution in [2.75, 3.05) is 31.1 Å². The molecule has 0 atom stereocenters. The van der Waals surface area contributed by atoms with E-state index in [1.165, 1.54) is 6.26 Å². The molecule has 0 unspecified atom stereocenters. The second kappa shape index (κ2) is 5.24. The third kappa shape index (κ3) is 2.32. The van der Waals surface area contributed by atoms with Crippen LogP contribution in [-0.4, -0.2) is 42.2 Å². The Morgan fingerprint density at radius 2 is 1.95 bits per heavy atom. The van der Waals surface area contributed by atoms with E-state index in [-0.39, 0.29) is 5.91 Å². The van der Waals surface area contributed by atoms with Crippen molar-refractivity contribution in [2.24, 2.45) is 0 Å². The Kier molecular flexibility index (Phi) is 3.28. The maximum absolute atomic E-state index is 12.1. The molecule has 1 fully saturated rings. The molecule has 0 saturated carbocycles. The predicted molar refractivity (Wildman–Crippen MR) is 70.6 cm³/mol. The zero-order chi connectivity index (χ0) is 13.9. The lowest BCUT2D eigenvalue weighted by Crippen LogP contribution is -2.52. The quantitative estimate of drug-likeness (QED) is 0.649. The lowest BCUT2D eigenvalue weighted by atomic mass is 10.2. The van der Waals surface area contributed by atoms with Crippen LogP contribution < -0.4 is 9.63 Å². The molecule has 1 aliphatic rings. The van der Waals surface area contributed by atoms with Crippen molar-refractivity contribution in [2.45, 2.75) is 0 Å². The van der Waals surface area contributed by atoms with Crippen molar-refractivity contribution in [3.05, 3.63) is 48.6 Å². The number of rotatable bonds is 2. The number of amides is 1. The number of hydrogen-bond donors (Lipinski definition) is 1. The van der Waals surface area contributed by atoms with Crippen LogP contribution in [0.15, 0.2) is 47.2 Å². The maximum Gasteiger partial charge on any atom is 0.316 e. The van der Waals surface area contributed by atoms with Crippen LogP contribution in [0, 0.1) is 0 Å². The molecule has 6 heteroatoms. The summed E-state index contributed by atoms with van der Waals surface area (Å²) in [6, 6.07) is 8.88. The highest BCUT2D eigenvalue weighted by Crippen LogP contribution is 2.13. The van der Waals surface area contributed by atoms with E-state index < -0.39 is 0 Å². The van der Waals surface area contributed by atoms with Gasteiger partial charge in [-0.1, -0.05) is 10.8 Å². The Balaban J connectivity index is 1.65. The smallest absolute Gasteiger partial charge is 0.316 e. The second-order valence-corrected chi connectivity index (χ2v) is 4.66. The standard InChI is InChI=1S/C14H16N3O3/c18-14(12-4-3-11-20-12)16-9-7-15(8-10-16)13-5-1-2-6-17(13)19/h1-6,11,19H,7-10H2/q+1. The predicted octanol–water partition coefficient (Wildman–Crippen LogP) is 0.767. The zero-order valence-corrected chi connectivity index (χ0v) is 11.0. The van der Waals surface area contributed by atoms with Crippen molar-refractivity contribution in [3.63, 3.8) is 0 Å². The van der Waals surface area contributed by atoms with E-state index in [1.54, 1.807) is 29.3 Å². The highest BCUT2D eigenvalue weighted by molar-refractivity contribution is 5.91. The van der Waals surface area contributed by atoms with Crippen LogP contribution in [0.1, 0.15) is 10.6 Å². The van der Waals surface area contributed by atoms with E-state index in [0.717, 1.165) is 10.5 Å². The first kappa shape index (κ1) is 12.5. The average Bonchev–Trinajstić information content (AvgIpc) is 3.01. The minimum atomic E-state index is -0.0837. The van der Waals surface area contributed by atoms with Gasteiger partial charge in [-0.2, -0.15) is 0 Å². The molecule has 0 aromatic carbocycles. The lowest BCUT2D eigenvalue weighted by molar-refractivity contribution is -0.894. The summed E-state index contributed by atoms with van der Waals surface area (Å²) >= 11 is 0. The van der Waals surface area contributed by atoms with E-state index in [0.29, 0.717) is 31.9 Å². The number of piperazine rings is 1. The first-order valence-corrected chi connectivity index (χ1v) is 6.53. The van der Waals surface area contributed by atoms with Crippen LogP contribution in [0.4, 0.5) is 5.82 Å². The molecule has 1 amide bonds. The van der Waals surface area contributed by atoms with Gasteiger partial charge in [0.1, 0.15) is 19.3 Å². The summed E-state index contributed by atoms with van der Waals surface area (Å²) in [7, 11) is 0. The molecule has 0 radical (unpaired) electrons. The van der Waals surface area contributed by atoms with E-state index >= 15 is 0 Å². The Labute approximate surface area is 116 Å². The van der Waals surface area contributed by atoms with Gasteiger partial charge in [0.15, 0.2) is 5.76 Å². The van der Waals surface area contributed by atoms with Crippen LogP contribution in [0.25, 0.3) is 0 Å². The number of furan rings is 1. The van der Waals surface area contributed by atoms with Gasteiger partial charge in [0.05, 0.1) is 19.4 Å². The molecule has 2 aromatic rings. The number of anilines is 1. The third-order valence-electron chi connectivity index (χ3n) is 3.44. The third-order valence-corrected chi connectivity index (χ3v) is 3.44. The van der Waals surface area contributed by atoms with Crippen molar-refractivity contribution in [3.8, 4) is 0 Å². The van der Waals surface area contributed by atoms with Gasteiger partial charge in [-0.3, -0.25) is 9.69 Å². The maximum atomic E-state index is 12.1. The summed E-state index contributed by atoms with van der Waals surface area (Å²) in [4.78, 5) is 15.9. The van der Waals surface area contributed by atoms with Crippen LogP contribution in [-0.2, 0) is 0 Å². The highest BCUT2D eigenvalue weighted by atomic mass is 16.5. The molecule has 3 rings (SSSR count). The summed E-state index contributed by atoms with van der Waals surface area (Å²) in [6.45, 7) is 2.57. The highest BCUT2D eigenvalue weighted by Gasteiger charge is 2.29. The molecule has 0 spiro atoms. The number of nitrogens with zero attached hydrogens (tertiary/aromatic N) is 3. The van der Waals surface area contributed by atoms with Gasteiger partial charge in [-0.15, -0.1) is 0 Å². The number of pyridine rings is 1. The van der Waals surface area contributed by atoms with Gasteiger partial charge < -0.3 is 14.5 Å². The topological polar surface area (TPSA) is 60.8 Å². The Hall–Kier alpha value is -2.50. The van der Waals surface area contributed by atoms with Gasteiger partial charge in [-0.25, -0.2) is 0 Å². The first-order valence-electron chi connectivity index (χ1n) is 6.53. The van der Waals surface area contributed by atoms with E-state index in [4.69, 9.17) is 4.42 Å². The molecule has 0 aliphatic carbocycles. The first-order chi connectivity index (χ1) is 9.75. The van der Waals surface area contributed by atoms with Gasteiger partial charge >= 0.3 is 5.82 Å². The number of hydrogen-bond acceptors (Lipinski definition) is 4. The van der Waals surface area contributed by atoms with E-state index in [9.17, 15) is 10.0 Å². The molecule has 2 aromatic heterocycles. The number of carbonyl (C=O) groups excluding carboxylic acids is 1. The van der Waals surface area contributed by atoms with Crippen LogP contribution in [0.5, 0.6) is 0 Å². The van der Waals surface area contributed by atoms with Crippen LogP contribution >= 0.6 is 0 Å². The lowest BCUT2D eigenvalue weighted by Gasteiger charge is -2.30. The minimum absolute atomic E-state index is 0.0837. The van der Waals surface area contributed by atoms with Gasteiger partial charge in [0.2, 0.25) is 0 Å². The zero-order valence-electron chi connectivity index (χ0n) is 11.0. The molecule has 6 nitrogen and oxygen atoms in total. The fraction of sp³-hybridized carbons (Fsp3) is 0.286. The van der Waals surface area contributed by atoms with Crippen molar-refractivity contribution in [1.29, 1.82) is 0 Å². The largest absolute Gasteiger partial charge is 0.459 e. The normalized spacial score (nSPS) is 15.4. The Bertz CT molecular complexity index is 589. The molecule has 3 heterocycles. The van der Waals surface area contributed by atoms with E-state index in [1.807, 2.05) is 17.0 Å². The second-order valence-electron chi connectivity index (χ2n) is 4.66. The summed E-state index contributed by atoms with van der Waals surface area (Å²) in [5.74, 6) is 1.02. The Morgan fingerprint density at radius 1 is 1.15 bits per heavy atom.